The molecule has 0 fully saturated rings. The zero-order valence-corrected chi connectivity index (χ0v) is 14.1. The first-order chi connectivity index (χ1) is 9.60. The highest BCUT2D eigenvalue weighted by Crippen LogP contribution is 2.22. The monoisotopic (exact) mass is 290 g/mol. The number of carbonyl (C=O) groups excluding carboxylic acids is 1. The average Bonchev–Trinajstić information content (AvgIpc) is 2.35. The molecular weight excluding hydrogens is 260 g/mol. The summed E-state index contributed by atoms with van der Waals surface area (Å²) >= 11 is 0. The summed E-state index contributed by atoms with van der Waals surface area (Å²) in [7, 11) is 0. The van der Waals surface area contributed by atoms with Crippen molar-refractivity contribution in [3.05, 3.63) is 35.9 Å². The summed E-state index contributed by atoms with van der Waals surface area (Å²) in [6.07, 6.45) is 1.24. The Morgan fingerprint density at radius 2 is 1.71 bits per heavy atom. The molecule has 1 aromatic carbocycles. The maximum absolute atomic E-state index is 12.0. The van der Waals surface area contributed by atoms with Crippen LogP contribution in [-0.2, 0) is 10.2 Å². The Morgan fingerprint density at radius 3 is 2.24 bits per heavy atom. The van der Waals surface area contributed by atoms with Gasteiger partial charge in [-0.25, -0.2) is 0 Å². The van der Waals surface area contributed by atoms with Crippen LogP contribution in [0.5, 0.6) is 0 Å². The number of amides is 1. The number of nitrogens with two attached hydrogens (primary N) is 1. The Hall–Kier alpha value is -1.35. The van der Waals surface area contributed by atoms with Crippen LogP contribution in [-0.4, -0.2) is 18.5 Å². The molecule has 0 saturated carbocycles. The van der Waals surface area contributed by atoms with Crippen molar-refractivity contribution in [1.82, 2.24) is 5.32 Å². The second-order valence-corrected chi connectivity index (χ2v) is 7.76. The fourth-order valence-corrected chi connectivity index (χ4v) is 2.48. The Balaban J connectivity index is 2.46. The standard InChI is InChI=1S/C18H30N2O/c1-17(2,3)12-15(19)11-16(21)20-13-18(4,5)14-9-7-6-8-10-14/h6-10,15H,11-13,19H2,1-5H3,(H,20,21). The van der Waals surface area contributed by atoms with Crippen molar-refractivity contribution in [2.24, 2.45) is 11.1 Å². The van der Waals surface area contributed by atoms with Gasteiger partial charge in [0.15, 0.2) is 0 Å². The van der Waals surface area contributed by atoms with E-state index in [0.29, 0.717) is 13.0 Å². The van der Waals surface area contributed by atoms with Gasteiger partial charge < -0.3 is 11.1 Å². The van der Waals surface area contributed by atoms with Gasteiger partial charge in [0.25, 0.3) is 0 Å². The van der Waals surface area contributed by atoms with Crippen LogP contribution in [0.3, 0.4) is 0 Å². The molecule has 1 rings (SSSR count). The second-order valence-electron chi connectivity index (χ2n) is 7.76. The van der Waals surface area contributed by atoms with E-state index >= 15 is 0 Å². The quantitative estimate of drug-likeness (QED) is 0.845. The summed E-state index contributed by atoms with van der Waals surface area (Å²) in [6.45, 7) is 11.3. The van der Waals surface area contributed by atoms with Gasteiger partial charge in [-0.15, -0.1) is 0 Å². The van der Waals surface area contributed by atoms with Crippen LogP contribution in [0.2, 0.25) is 0 Å². The molecule has 0 aromatic heterocycles. The third kappa shape index (κ3) is 6.76. The van der Waals surface area contributed by atoms with Crippen LogP contribution in [0.15, 0.2) is 30.3 Å². The number of hydrogen-bond donors (Lipinski definition) is 2. The summed E-state index contributed by atoms with van der Waals surface area (Å²) in [5.41, 5.74) is 7.35. The van der Waals surface area contributed by atoms with E-state index in [1.54, 1.807) is 0 Å². The maximum Gasteiger partial charge on any atom is 0.221 e. The molecule has 3 N–H and O–H groups in total. The normalized spacial score (nSPS) is 13.8. The van der Waals surface area contributed by atoms with Gasteiger partial charge in [-0.1, -0.05) is 65.0 Å². The van der Waals surface area contributed by atoms with Gasteiger partial charge in [0.2, 0.25) is 5.91 Å². The highest BCUT2D eigenvalue weighted by atomic mass is 16.1. The van der Waals surface area contributed by atoms with Crippen molar-refractivity contribution in [2.75, 3.05) is 6.54 Å². The predicted octanol–water partition coefficient (Wildman–Crippen LogP) is 3.23. The van der Waals surface area contributed by atoms with Crippen LogP contribution in [0.25, 0.3) is 0 Å². The number of carbonyl (C=O) groups is 1. The summed E-state index contributed by atoms with van der Waals surface area (Å²) in [6, 6.07) is 10.2. The molecule has 1 atom stereocenters. The first kappa shape index (κ1) is 17.7. The zero-order valence-electron chi connectivity index (χ0n) is 14.1. The van der Waals surface area contributed by atoms with Gasteiger partial charge >= 0.3 is 0 Å². The predicted molar refractivity (Wildman–Crippen MR) is 89.1 cm³/mol. The fourth-order valence-electron chi connectivity index (χ4n) is 2.48. The van der Waals surface area contributed by atoms with Crippen LogP contribution in [0.4, 0.5) is 0 Å². The molecule has 0 aliphatic carbocycles. The zero-order chi connectivity index (χ0) is 16.1. The Kier molecular flexibility index (Phi) is 5.97. The van der Waals surface area contributed by atoms with Crippen molar-refractivity contribution in [3.63, 3.8) is 0 Å². The molecule has 3 heteroatoms. The van der Waals surface area contributed by atoms with Crippen molar-refractivity contribution >= 4 is 5.91 Å². The van der Waals surface area contributed by atoms with Crippen molar-refractivity contribution in [2.45, 2.75) is 58.9 Å². The van der Waals surface area contributed by atoms with E-state index in [9.17, 15) is 4.79 Å². The van der Waals surface area contributed by atoms with Crippen LogP contribution >= 0.6 is 0 Å². The van der Waals surface area contributed by atoms with Crippen LogP contribution < -0.4 is 11.1 Å². The third-order valence-corrected chi connectivity index (χ3v) is 3.60. The minimum Gasteiger partial charge on any atom is -0.355 e. The lowest BCUT2D eigenvalue weighted by Gasteiger charge is -2.27. The summed E-state index contributed by atoms with van der Waals surface area (Å²) in [4.78, 5) is 12.0. The second kappa shape index (κ2) is 7.08. The number of hydrogen-bond acceptors (Lipinski definition) is 2. The summed E-state index contributed by atoms with van der Waals surface area (Å²) in [5, 5.41) is 3.02. The van der Waals surface area contributed by atoms with E-state index < -0.39 is 0 Å². The smallest absolute Gasteiger partial charge is 0.221 e. The number of nitrogens with one attached hydrogen (secondary N) is 1. The SMILES string of the molecule is CC(C)(C)CC(N)CC(=O)NCC(C)(C)c1ccccc1. The summed E-state index contributed by atoms with van der Waals surface area (Å²) in [5.74, 6) is 0.0377. The van der Waals surface area contributed by atoms with Gasteiger partial charge in [0, 0.05) is 24.4 Å². The van der Waals surface area contributed by atoms with Crippen molar-refractivity contribution in [1.29, 1.82) is 0 Å². The van der Waals surface area contributed by atoms with E-state index in [1.165, 1.54) is 5.56 Å². The molecule has 0 saturated heterocycles. The third-order valence-electron chi connectivity index (χ3n) is 3.60. The number of benzene rings is 1. The molecule has 0 bridgehead atoms. The lowest BCUT2D eigenvalue weighted by molar-refractivity contribution is -0.121. The molecule has 21 heavy (non-hydrogen) atoms. The lowest BCUT2D eigenvalue weighted by atomic mass is 9.84. The Labute approximate surface area is 129 Å². The Bertz CT molecular complexity index is 446. The Morgan fingerprint density at radius 1 is 1.14 bits per heavy atom. The highest BCUT2D eigenvalue weighted by molar-refractivity contribution is 5.76. The molecular formula is C18H30N2O. The highest BCUT2D eigenvalue weighted by Gasteiger charge is 2.22. The van der Waals surface area contributed by atoms with Gasteiger partial charge in [-0.2, -0.15) is 0 Å². The van der Waals surface area contributed by atoms with Gasteiger partial charge in [0.05, 0.1) is 0 Å². The molecule has 0 radical (unpaired) electrons. The van der Waals surface area contributed by atoms with E-state index in [1.807, 2.05) is 18.2 Å². The molecule has 118 valence electrons. The van der Waals surface area contributed by atoms with Crippen LogP contribution in [0, 0.1) is 5.41 Å². The van der Waals surface area contributed by atoms with Crippen molar-refractivity contribution in [3.8, 4) is 0 Å². The maximum atomic E-state index is 12.0. The largest absolute Gasteiger partial charge is 0.355 e. The molecule has 0 spiro atoms. The molecule has 1 amide bonds. The molecule has 1 aromatic rings. The van der Waals surface area contributed by atoms with E-state index in [0.717, 1.165) is 6.42 Å². The van der Waals surface area contributed by atoms with E-state index in [-0.39, 0.29) is 22.8 Å². The van der Waals surface area contributed by atoms with E-state index in [4.69, 9.17) is 5.73 Å². The van der Waals surface area contributed by atoms with Gasteiger partial charge in [-0.3, -0.25) is 4.79 Å². The average molecular weight is 290 g/mol. The van der Waals surface area contributed by atoms with Crippen LogP contribution in [0.1, 0.15) is 53.0 Å². The minimum absolute atomic E-state index is 0.0377. The molecule has 0 aliphatic rings. The van der Waals surface area contributed by atoms with Crippen molar-refractivity contribution < 1.29 is 4.79 Å². The minimum atomic E-state index is -0.0789. The van der Waals surface area contributed by atoms with Gasteiger partial charge in [0.1, 0.15) is 0 Å². The number of rotatable bonds is 6. The molecule has 0 aliphatic heterocycles. The fraction of sp³-hybridized carbons (Fsp3) is 0.611. The summed E-state index contributed by atoms with van der Waals surface area (Å²) < 4.78 is 0. The van der Waals surface area contributed by atoms with E-state index in [2.05, 4.69) is 52.1 Å². The first-order valence-electron chi connectivity index (χ1n) is 7.68. The molecule has 0 heterocycles. The topological polar surface area (TPSA) is 55.1 Å². The first-order valence-corrected chi connectivity index (χ1v) is 7.68. The van der Waals surface area contributed by atoms with Gasteiger partial charge in [-0.05, 0) is 17.4 Å². The molecule has 3 nitrogen and oxygen atoms in total. The lowest BCUT2D eigenvalue weighted by Crippen LogP contribution is -2.39. The molecule has 1 unspecified atom stereocenters.